The summed E-state index contributed by atoms with van der Waals surface area (Å²) in [6.07, 6.45) is 2.56. The van der Waals surface area contributed by atoms with Crippen LogP contribution in [-0.4, -0.2) is 27.0 Å². The molecule has 0 saturated carbocycles. The molecule has 0 atom stereocenters. The summed E-state index contributed by atoms with van der Waals surface area (Å²) < 4.78 is 0. The van der Waals surface area contributed by atoms with E-state index in [4.69, 9.17) is 5.11 Å². The molecule has 19 heavy (non-hydrogen) atoms. The zero-order chi connectivity index (χ0) is 13.8. The molecular weight excluding hydrogens is 250 g/mol. The molecule has 2 rings (SSSR count). The Hall–Kier alpha value is -2.96. The number of aromatic carboxylic acids is 1. The lowest BCUT2D eigenvalue weighted by atomic mass is 10.2. The fraction of sp³-hybridized carbons (Fsp3) is 0. The smallest absolute Gasteiger partial charge is 0.356 e. The Kier molecular flexibility index (Phi) is 3.37. The summed E-state index contributed by atoms with van der Waals surface area (Å²) in [6, 6.07) is 5.48. The topological polar surface area (TPSA) is 112 Å². The van der Waals surface area contributed by atoms with E-state index in [1.165, 1.54) is 36.7 Å². The standard InChI is InChI=1S/C12H9N3O4/c16-9-4-3-7(6-14-9)11(17)15-8-2-1-5-13-10(8)12(18)19/h1-6H,(H,14,16)(H,15,17)(H,18,19). The van der Waals surface area contributed by atoms with Crippen molar-refractivity contribution in [2.24, 2.45) is 0 Å². The van der Waals surface area contributed by atoms with Gasteiger partial charge in [-0.15, -0.1) is 0 Å². The number of hydrogen-bond donors (Lipinski definition) is 3. The van der Waals surface area contributed by atoms with E-state index >= 15 is 0 Å². The average molecular weight is 259 g/mol. The van der Waals surface area contributed by atoms with Crippen molar-refractivity contribution in [1.29, 1.82) is 0 Å². The lowest BCUT2D eigenvalue weighted by Gasteiger charge is -2.06. The van der Waals surface area contributed by atoms with Crippen LogP contribution < -0.4 is 10.9 Å². The molecule has 0 spiro atoms. The molecule has 96 valence electrons. The maximum Gasteiger partial charge on any atom is 0.356 e. The van der Waals surface area contributed by atoms with Crippen molar-refractivity contribution in [3.63, 3.8) is 0 Å². The number of anilines is 1. The second-order valence-corrected chi connectivity index (χ2v) is 3.60. The molecule has 2 heterocycles. The van der Waals surface area contributed by atoms with Crippen LogP contribution in [0.4, 0.5) is 5.69 Å². The molecule has 0 aliphatic carbocycles. The second-order valence-electron chi connectivity index (χ2n) is 3.60. The molecule has 1 amide bonds. The molecule has 0 radical (unpaired) electrons. The van der Waals surface area contributed by atoms with Crippen molar-refractivity contribution in [2.75, 3.05) is 5.32 Å². The molecule has 0 aliphatic heterocycles. The fourth-order valence-electron chi connectivity index (χ4n) is 1.42. The monoisotopic (exact) mass is 259 g/mol. The summed E-state index contributed by atoms with van der Waals surface area (Å²) in [5.41, 5.74) is -0.282. The number of carboxylic acid groups (broad SMARTS) is 1. The summed E-state index contributed by atoms with van der Waals surface area (Å²) in [5, 5.41) is 11.3. The molecule has 0 fully saturated rings. The number of H-pyrrole nitrogens is 1. The van der Waals surface area contributed by atoms with E-state index in [1.807, 2.05) is 0 Å². The summed E-state index contributed by atoms with van der Waals surface area (Å²) in [6.45, 7) is 0. The van der Waals surface area contributed by atoms with Gasteiger partial charge in [0.1, 0.15) is 0 Å². The van der Waals surface area contributed by atoms with E-state index in [0.717, 1.165) is 0 Å². The summed E-state index contributed by atoms with van der Waals surface area (Å²) in [7, 11) is 0. The number of carbonyl (C=O) groups excluding carboxylic acids is 1. The van der Waals surface area contributed by atoms with Gasteiger partial charge in [-0.1, -0.05) is 0 Å². The highest BCUT2D eigenvalue weighted by Crippen LogP contribution is 2.13. The maximum atomic E-state index is 11.8. The largest absolute Gasteiger partial charge is 0.476 e. The van der Waals surface area contributed by atoms with E-state index in [9.17, 15) is 14.4 Å². The number of pyridine rings is 2. The maximum absolute atomic E-state index is 11.8. The average Bonchev–Trinajstić information content (AvgIpc) is 2.39. The fourth-order valence-corrected chi connectivity index (χ4v) is 1.42. The van der Waals surface area contributed by atoms with Crippen LogP contribution in [0.25, 0.3) is 0 Å². The Morgan fingerprint density at radius 2 is 2.05 bits per heavy atom. The van der Waals surface area contributed by atoms with Crippen molar-refractivity contribution < 1.29 is 14.7 Å². The van der Waals surface area contributed by atoms with Gasteiger partial charge in [0.25, 0.3) is 5.91 Å². The van der Waals surface area contributed by atoms with E-state index < -0.39 is 11.9 Å². The van der Waals surface area contributed by atoms with E-state index in [0.29, 0.717) is 0 Å². The highest BCUT2D eigenvalue weighted by molar-refractivity contribution is 6.06. The number of carboxylic acids is 1. The van der Waals surface area contributed by atoms with E-state index in [-0.39, 0.29) is 22.5 Å². The van der Waals surface area contributed by atoms with Gasteiger partial charge in [-0.05, 0) is 18.2 Å². The Bertz CT molecular complexity index is 673. The number of amides is 1. The summed E-state index contributed by atoms with van der Waals surface area (Å²) >= 11 is 0. The molecule has 0 bridgehead atoms. The van der Waals surface area contributed by atoms with Crippen LogP contribution in [0.3, 0.4) is 0 Å². The highest BCUT2D eigenvalue weighted by atomic mass is 16.4. The summed E-state index contributed by atoms with van der Waals surface area (Å²) in [4.78, 5) is 39.7. The van der Waals surface area contributed by atoms with Crippen LogP contribution in [0, 0.1) is 0 Å². The minimum absolute atomic E-state index is 0.0891. The van der Waals surface area contributed by atoms with Crippen LogP contribution in [0.1, 0.15) is 20.8 Å². The highest BCUT2D eigenvalue weighted by Gasteiger charge is 2.14. The van der Waals surface area contributed by atoms with Gasteiger partial charge < -0.3 is 15.4 Å². The number of hydrogen-bond acceptors (Lipinski definition) is 4. The molecule has 2 aromatic rings. The molecule has 0 aromatic carbocycles. The van der Waals surface area contributed by atoms with Gasteiger partial charge in [-0.2, -0.15) is 0 Å². The van der Waals surface area contributed by atoms with Crippen LogP contribution in [-0.2, 0) is 0 Å². The number of nitrogens with one attached hydrogen (secondary N) is 2. The first-order valence-corrected chi connectivity index (χ1v) is 5.26. The van der Waals surface area contributed by atoms with Gasteiger partial charge in [0, 0.05) is 18.5 Å². The number of carbonyl (C=O) groups is 2. The first-order chi connectivity index (χ1) is 9.08. The lowest BCUT2D eigenvalue weighted by Crippen LogP contribution is -2.17. The van der Waals surface area contributed by atoms with Crippen LogP contribution in [0.15, 0.2) is 41.5 Å². The third-order valence-corrected chi connectivity index (χ3v) is 2.30. The van der Waals surface area contributed by atoms with Crippen LogP contribution in [0.2, 0.25) is 0 Å². The van der Waals surface area contributed by atoms with Crippen molar-refractivity contribution in [2.45, 2.75) is 0 Å². The van der Waals surface area contributed by atoms with Crippen LogP contribution >= 0.6 is 0 Å². The molecule has 0 saturated heterocycles. The predicted octanol–water partition coefficient (Wildman–Crippen LogP) is 0.720. The first-order valence-electron chi connectivity index (χ1n) is 5.26. The van der Waals surface area contributed by atoms with E-state index in [1.54, 1.807) is 0 Å². The zero-order valence-corrected chi connectivity index (χ0v) is 9.58. The molecule has 7 nitrogen and oxygen atoms in total. The van der Waals surface area contributed by atoms with Gasteiger partial charge in [-0.3, -0.25) is 9.59 Å². The van der Waals surface area contributed by atoms with Gasteiger partial charge in [0.2, 0.25) is 5.56 Å². The zero-order valence-electron chi connectivity index (χ0n) is 9.58. The van der Waals surface area contributed by atoms with Crippen LogP contribution in [0.5, 0.6) is 0 Å². The third kappa shape index (κ3) is 2.83. The molecule has 0 unspecified atom stereocenters. The summed E-state index contributed by atoms with van der Waals surface area (Å²) in [5.74, 6) is -1.77. The van der Waals surface area contributed by atoms with Crippen molar-refractivity contribution in [1.82, 2.24) is 9.97 Å². The SMILES string of the molecule is O=C(Nc1cccnc1C(=O)O)c1ccc(=O)[nH]c1. The minimum Gasteiger partial charge on any atom is -0.476 e. The first kappa shape index (κ1) is 12.5. The van der Waals surface area contributed by atoms with Crippen molar-refractivity contribution >= 4 is 17.6 Å². The van der Waals surface area contributed by atoms with Gasteiger partial charge in [-0.25, -0.2) is 9.78 Å². The number of rotatable bonds is 3. The number of nitrogens with zero attached hydrogens (tertiary/aromatic N) is 1. The van der Waals surface area contributed by atoms with Gasteiger partial charge >= 0.3 is 5.97 Å². The van der Waals surface area contributed by atoms with Gasteiger partial charge in [0.05, 0.1) is 11.3 Å². The molecule has 3 N–H and O–H groups in total. The van der Waals surface area contributed by atoms with Gasteiger partial charge in [0.15, 0.2) is 5.69 Å². The second kappa shape index (κ2) is 5.13. The lowest BCUT2D eigenvalue weighted by molar-refractivity contribution is 0.0692. The number of aromatic amines is 1. The Morgan fingerprint density at radius 3 is 2.68 bits per heavy atom. The molecule has 2 aromatic heterocycles. The molecular formula is C12H9N3O4. The van der Waals surface area contributed by atoms with Crippen molar-refractivity contribution in [3.05, 3.63) is 58.3 Å². The normalized spacial score (nSPS) is 9.89. The Balaban J connectivity index is 2.26. The molecule has 7 heteroatoms. The Labute approximate surface area is 106 Å². The number of aromatic nitrogens is 2. The minimum atomic E-state index is -1.24. The third-order valence-electron chi connectivity index (χ3n) is 2.30. The quantitative estimate of drug-likeness (QED) is 0.751. The molecule has 0 aliphatic rings. The Morgan fingerprint density at radius 1 is 1.26 bits per heavy atom. The van der Waals surface area contributed by atoms with E-state index in [2.05, 4.69) is 15.3 Å². The van der Waals surface area contributed by atoms with Crippen molar-refractivity contribution in [3.8, 4) is 0 Å². The predicted molar refractivity (Wildman–Crippen MR) is 66.2 cm³/mol.